The van der Waals surface area contributed by atoms with Gasteiger partial charge in [-0.15, -0.1) is 24.0 Å². The molecule has 1 heterocycles. The zero-order valence-corrected chi connectivity index (χ0v) is 19.7. The van der Waals surface area contributed by atoms with E-state index in [9.17, 15) is 0 Å². The van der Waals surface area contributed by atoms with Gasteiger partial charge < -0.3 is 29.6 Å². The second kappa shape index (κ2) is 11.2. The van der Waals surface area contributed by atoms with Gasteiger partial charge in [0.2, 0.25) is 0 Å². The topological polar surface area (TPSA) is 73.3 Å². The van der Waals surface area contributed by atoms with Crippen molar-refractivity contribution in [3.63, 3.8) is 0 Å². The third kappa shape index (κ3) is 5.96. The molecular weight excluding hydrogens is 509 g/mol. The Kier molecular flexibility index (Phi) is 8.97. The van der Waals surface area contributed by atoms with Gasteiger partial charge in [-0.3, -0.25) is 4.99 Å². The minimum atomic E-state index is 0. The van der Waals surface area contributed by atoms with Gasteiger partial charge in [0.1, 0.15) is 13.2 Å². The Balaban J connectivity index is 0.00000300. The first-order valence-corrected chi connectivity index (χ1v) is 9.26. The van der Waals surface area contributed by atoms with Gasteiger partial charge >= 0.3 is 0 Å². The van der Waals surface area contributed by atoms with E-state index < -0.39 is 0 Å². The van der Waals surface area contributed by atoms with E-state index in [1.54, 1.807) is 21.3 Å². The lowest BCUT2D eigenvalue weighted by atomic mass is 10.2. The molecule has 3 rings (SSSR count). The monoisotopic (exact) mass is 533 g/mol. The van der Waals surface area contributed by atoms with Crippen molar-refractivity contribution < 1.29 is 18.9 Å². The molecule has 7 nitrogen and oxygen atoms in total. The molecule has 0 saturated heterocycles. The second-order valence-corrected chi connectivity index (χ2v) is 6.48. The smallest absolute Gasteiger partial charge is 0.191 e. The van der Waals surface area contributed by atoms with Crippen molar-refractivity contribution >= 4 is 41.5 Å². The number of rotatable bonds is 6. The highest BCUT2D eigenvalue weighted by Crippen LogP contribution is 2.38. The predicted molar refractivity (Wildman–Crippen MR) is 124 cm³/mol. The van der Waals surface area contributed by atoms with Crippen molar-refractivity contribution in [3.8, 4) is 23.0 Å². The van der Waals surface area contributed by atoms with Crippen LogP contribution in [0.3, 0.4) is 0 Å². The van der Waals surface area contributed by atoms with Crippen LogP contribution in [0.1, 0.15) is 11.1 Å². The van der Waals surface area contributed by atoms with Gasteiger partial charge in [-0.05, 0) is 35.4 Å². The summed E-state index contributed by atoms with van der Waals surface area (Å²) in [4.78, 5) is 4.25. The van der Waals surface area contributed by atoms with E-state index in [-0.39, 0.29) is 24.0 Å². The molecule has 0 amide bonds. The molecule has 158 valence electrons. The lowest BCUT2D eigenvalue weighted by Crippen LogP contribution is -2.36. The van der Waals surface area contributed by atoms with Crippen LogP contribution in [0.5, 0.6) is 23.0 Å². The fourth-order valence-electron chi connectivity index (χ4n) is 2.85. The molecule has 0 bridgehead atoms. The average molecular weight is 534 g/mol. The Morgan fingerprint density at radius 1 is 1.00 bits per heavy atom. The van der Waals surface area contributed by atoms with Crippen LogP contribution in [0.25, 0.3) is 0 Å². The first kappa shape index (κ1) is 23.2. The number of hydrogen-bond donors (Lipinski definition) is 2. The fourth-order valence-corrected chi connectivity index (χ4v) is 3.14. The van der Waals surface area contributed by atoms with Gasteiger partial charge in [-0.2, -0.15) is 0 Å². The lowest BCUT2D eigenvalue weighted by Gasteiger charge is -2.20. The van der Waals surface area contributed by atoms with E-state index in [4.69, 9.17) is 30.5 Å². The lowest BCUT2D eigenvalue weighted by molar-refractivity contribution is 0.171. The van der Waals surface area contributed by atoms with E-state index in [0.29, 0.717) is 60.3 Å². The van der Waals surface area contributed by atoms with Gasteiger partial charge in [0.15, 0.2) is 29.0 Å². The van der Waals surface area contributed by atoms with E-state index in [2.05, 4.69) is 15.6 Å². The van der Waals surface area contributed by atoms with Crippen LogP contribution < -0.4 is 29.6 Å². The summed E-state index contributed by atoms with van der Waals surface area (Å²) in [6, 6.07) is 9.57. The summed E-state index contributed by atoms with van der Waals surface area (Å²) in [5, 5.41) is 7.09. The molecule has 2 N–H and O–H groups in total. The maximum absolute atomic E-state index is 6.29. The number of aliphatic imine (C=N–C) groups is 1. The van der Waals surface area contributed by atoms with Gasteiger partial charge in [-0.1, -0.05) is 17.7 Å². The number of hydrogen-bond acceptors (Lipinski definition) is 5. The van der Waals surface area contributed by atoms with Crippen molar-refractivity contribution in [1.29, 1.82) is 0 Å². The number of nitrogens with one attached hydrogen (secondary N) is 2. The number of halogens is 2. The van der Waals surface area contributed by atoms with Gasteiger partial charge in [0.25, 0.3) is 0 Å². The van der Waals surface area contributed by atoms with Gasteiger partial charge in [-0.25, -0.2) is 0 Å². The first-order valence-electron chi connectivity index (χ1n) is 8.88. The Morgan fingerprint density at radius 2 is 1.69 bits per heavy atom. The first-order chi connectivity index (χ1) is 13.6. The molecule has 2 aromatic carbocycles. The molecule has 29 heavy (non-hydrogen) atoms. The molecule has 1 aliphatic heterocycles. The molecule has 0 spiro atoms. The highest BCUT2D eigenvalue weighted by molar-refractivity contribution is 14.0. The molecule has 0 saturated carbocycles. The van der Waals surface area contributed by atoms with Crippen LogP contribution in [0.4, 0.5) is 0 Å². The van der Waals surface area contributed by atoms with Crippen LogP contribution in [0.15, 0.2) is 35.3 Å². The molecule has 2 aromatic rings. The van der Waals surface area contributed by atoms with Crippen molar-refractivity contribution in [2.45, 2.75) is 13.1 Å². The Morgan fingerprint density at radius 3 is 2.38 bits per heavy atom. The molecular formula is C20H25ClIN3O4. The third-order valence-corrected chi connectivity index (χ3v) is 4.53. The van der Waals surface area contributed by atoms with Crippen molar-refractivity contribution in [2.75, 3.05) is 34.5 Å². The number of guanidine groups is 1. The number of fused-ring (bicyclic) bond motifs is 1. The Bertz CT molecular complexity index is 864. The maximum atomic E-state index is 6.29. The summed E-state index contributed by atoms with van der Waals surface area (Å²) in [5.41, 5.74) is 2.02. The zero-order valence-electron chi connectivity index (χ0n) is 16.6. The van der Waals surface area contributed by atoms with E-state index in [1.807, 2.05) is 30.3 Å². The highest BCUT2D eigenvalue weighted by atomic mass is 127. The van der Waals surface area contributed by atoms with E-state index in [0.717, 1.165) is 11.1 Å². The molecule has 0 aliphatic carbocycles. The van der Waals surface area contributed by atoms with Crippen LogP contribution in [-0.4, -0.2) is 40.4 Å². The summed E-state index contributed by atoms with van der Waals surface area (Å²) in [6.07, 6.45) is 0. The zero-order chi connectivity index (χ0) is 19.9. The van der Waals surface area contributed by atoms with Crippen LogP contribution in [-0.2, 0) is 13.1 Å². The molecule has 0 fully saturated rings. The van der Waals surface area contributed by atoms with Crippen molar-refractivity contribution in [1.82, 2.24) is 10.6 Å². The molecule has 0 aromatic heterocycles. The van der Waals surface area contributed by atoms with Gasteiger partial charge in [0.05, 0.1) is 19.2 Å². The summed E-state index contributed by atoms with van der Waals surface area (Å²) in [5.74, 6) is 3.33. The maximum Gasteiger partial charge on any atom is 0.191 e. The predicted octanol–water partition coefficient (Wildman–Crippen LogP) is 3.61. The summed E-state index contributed by atoms with van der Waals surface area (Å²) in [7, 11) is 4.96. The summed E-state index contributed by atoms with van der Waals surface area (Å²) in [6.45, 7) is 2.16. The number of nitrogens with zero attached hydrogens (tertiary/aromatic N) is 1. The van der Waals surface area contributed by atoms with E-state index >= 15 is 0 Å². The quantitative estimate of drug-likeness (QED) is 0.336. The number of benzene rings is 2. The Hall–Kier alpha value is -2.07. The average Bonchev–Trinajstić information content (AvgIpc) is 2.73. The highest BCUT2D eigenvalue weighted by Gasteiger charge is 2.16. The standard InChI is InChI=1S/C20H24ClN3O4.HI/c1-22-20(23-11-13-4-5-16(25-2)17(9-13)26-3)24-12-14-8-15(21)19-18(10-14)27-6-7-28-19;/h4-5,8-10H,6-7,11-12H2,1-3H3,(H2,22,23,24);1H. The fraction of sp³-hybridized carbons (Fsp3) is 0.350. The molecule has 0 unspecified atom stereocenters. The summed E-state index contributed by atoms with van der Waals surface area (Å²) < 4.78 is 21.8. The van der Waals surface area contributed by atoms with Crippen LogP contribution >= 0.6 is 35.6 Å². The van der Waals surface area contributed by atoms with Crippen LogP contribution in [0, 0.1) is 0 Å². The molecule has 0 atom stereocenters. The number of ether oxygens (including phenoxy) is 4. The molecule has 1 aliphatic rings. The largest absolute Gasteiger partial charge is 0.493 e. The van der Waals surface area contributed by atoms with Gasteiger partial charge in [0, 0.05) is 20.1 Å². The summed E-state index contributed by atoms with van der Waals surface area (Å²) >= 11 is 6.29. The van der Waals surface area contributed by atoms with Crippen molar-refractivity contribution in [3.05, 3.63) is 46.5 Å². The minimum absolute atomic E-state index is 0. The third-order valence-electron chi connectivity index (χ3n) is 4.25. The SMILES string of the molecule is CN=C(NCc1ccc(OC)c(OC)c1)NCc1cc(Cl)c2c(c1)OCCO2.I. The number of methoxy groups -OCH3 is 2. The van der Waals surface area contributed by atoms with Crippen molar-refractivity contribution in [2.24, 2.45) is 4.99 Å². The van der Waals surface area contributed by atoms with E-state index in [1.165, 1.54) is 0 Å². The second-order valence-electron chi connectivity index (χ2n) is 6.07. The molecule has 0 radical (unpaired) electrons. The minimum Gasteiger partial charge on any atom is -0.493 e. The Labute approximate surface area is 192 Å². The normalized spacial score (nSPS) is 12.6. The molecule has 9 heteroatoms. The van der Waals surface area contributed by atoms with Crippen LogP contribution in [0.2, 0.25) is 5.02 Å².